The van der Waals surface area contributed by atoms with Gasteiger partial charge in [-0.1, -0.05) is 0 Å². The van der Waals surface area contributed by atoms with Crippen molar-refractivity contribution in [3.05, 3.63) is 24.0 Å². The summed E-state index contributed by atoms with van der Waals surface area (Å²) in [6, 6.07) is 3.49. The number of imidazole rings is 1. The molecule has 0 aliphatic heterocycles. The lowest BCUT2D eigenvalue weighted by molar-refractivity contribution is 0.0944. The molecule has 7 heteroatoms. The van der Waals surface area contributed by atoms with Gasteiger partial charge in [-0.2, -0.15) is 0 Å². The Bertz CT molecular complexity index is 582. The summed E-state index contributed by atoms with van der Waals surface area (Å²) in [6.07, 6.45) is 2.35. The van der Waals surface area contributed by atoms with Gasteiger partial charge in [0.05, 0.1) is 12.8 Å². The van der Waals surface area contributed by atoms with Gasteiger partial charge in [0.25, 0.3) is 5.91 Å². The smallest absolute Gasteiger partial charge is 0.271 e. The largest absolute Gasteiger partial charge is 0.477 e. The van der Waals surface area contributed by atoms with E-state index in [1.807, 2.05) is 6.92 Å². The highest BCUT2D eigenvalue weighted by Crippen LogP contribution is 2.09. The van der Waals surface area contributed by atoms with Crippen LogP contribution in [0, 0.1) is 0 Å². The fraction of sp³-hybridized carbons (Fsp3) is 0.462. The van der Waals surface area contributed by atoms with E-state index in [-0.39, 0.29) is 5.91 Å². The lowest BCUT2D eigenvalue weighted by Gasteiger charge is -2.01. The zero-order valence-electron chi connectivity index (χ0n) is 11.6. The van der Waals surface area contributed by atoms with Crippen LogP contribution in [0.25, 0.3) is 5.65 Å². The molecule has 0 aliphatic carbocycles. The summed E-state index contributed by atoms with van der Waals surface area (Å²) >= 11 is 0. The normalized spacial score (nSPS) is 10.7. The van der Waals surface area contributed by atoms with Crippen molar-refractivity contribution in [1.29, 1.82) is 0 Å². The molecule has 0 spiro atoms. The summed E-state index contributed by atoms with van der Waals surface area (Å²) in [7, 11) is 1.63. The third kappa shape index (κ3) is 3.45. The summed E-state index contributed by atoms with van der Waals surface area (Å²) in [5.74, 6) is 0.286. The Morgan fingerprint density at radius 3 is 3.05 bits per heavy atom. The molecule has 0 bridgehead atoms. The van der Waals surface area contributed by atoms with Gasteiger partial charge in [-0.05, 0) is 19.4 Å². The van der Waals surface area contributed by atoms with E-state index in [4.69, 9.17) is 9.47 Å². The topological polar surface area (TPSA) is 77.8 Å². The summed E-state index contributed by atoms with van der Waals surface area (Å²) in [6.45, 7) is 3.60. The Kier molecular flexibility index (Phi) is 4.89. The number of amides is 1. The van der Waals surface area contributed by atoms with Crippen molar-refractivity contribution in [3.63, 3.8) is 0 Å². The molecule has 20 heavy (non-hydrogen) atoms. The fourth-order valence-electron chi connectivity index (χ4n) is 1.71. The monoisotopic (exact) mass is 278 g/mol. The van der Waals surface area contributed by atoms with Crippen molar-refractivity contribution >= 4 is 11.6 Å². The predicted octanol–water partition coefficient (Wildman–Crippen LogP) is 0.894. The average molecular weight is 278 g/mol. The number of nitrogens with one attached hydrogen (secondary N) is 1. The third-order valence-electron chi connectivity index (χ3n) is 2.63. The minimum Gasteiger partial charge on any atom is -0.477 e. The van der Waals surface area contributed by atoms with E-state index in [1.165, 1.54) is 4.52 Å². The number of hydrogen-bond donors (Lipinski definition) is 1. The second kappa shape index (κ2) is 6.85. The van der Waals surface area contributed by atoms with Crippen LogP contribution in [0.5, 0.6) is 5.88 Å². The molecule has 108 valence electrons. The minimum absolute atomic E-state index is 0.218. The molecule has 0 aromatic carbocycles. The third-order valence-corrected chi connectivity index (χ3v) is 2.63. The number of ether oxygens (including phenoxy) is 2. The predicted molar refractivity (Wildman–Crippen MR) is 73.0 cm³/mol. The maximum Gasteiger partial charge on any atom is 0.271 e. The van der Waals surface area contributed by atoms with Crippen LogP contribution < -0.4 is 10.1 Å². The van der Waals surface area contributed by atoms with Crippen LogP contribution in [0.3, 0.4) is 0 Å². The molecular formula is C13H18N4O3. The van der Waals surface area contributed by atoms with E-state index < -0.39 is 0 Å². The Hall–Kier alpha value is -2.15. The van der Waals surface area contributed by atoms with Crippen molar-refractivity contribution in [2.45, 2.75) is 13.3 Å². The number of aromatic nitrogens is 3. The molecule has 1 amide bonds. The fourth-order valence-corrected chi connectivity index (χ4v) is 1.71. The Balaban J connectivity index is 2.05. The minimum atomic E-state index is -0.218. The number of carbonyl (C=O) groups excluding carboxylic acids is 1. The van der Waals surface area contributed by atoms with Crippen LogP contribution in [-0.2, 0) is 4.74 Å². The number of fused-ring (bicyclic) bond motifs is 1. The second-order valence-corrected chi connectivity index (χ2v) is 4.14. The van der Waals surface area contributed by atoms with Crippen molar-refractivity contribution < 1.29 is 14.3 Å². The van der Waals surface area contributed by atoms with Crippen molar-refractivity contribution in [2.75, 3.05) is 26.9 Å². The first-order valence-electron chi connectivity index (χ1n) is 6.51. The Morgan fingerprint density at radius 2 is 2.30 bits per heavy atom. The highest BCUT2D eigenvalue weighted by molar-refractivity contribution is 5.92. The molecule has 7 nitrogen and oxygen atoms in total. The van der Waals surface area contributed by atoms with E-state index in [0.717, 1.165) is 6.42 Å². The number of methoxy groups -OCH3 is 1. The zero-order valence-corrected chi connectivity index (χ0v) is 11.6. The van der Waals surface area contributed by atoms with Gasteiger partial charge in [0, 0.05) is 26.3 Å². The van der Waals surface area contributed by atoms with Crippen molar-refractivity contribution in [2.24, 2.45) is 0 Å². The molecular weight excluding hydrogens is 260 g/mol. The molecule has 1 N–H and O–H groups in total. The van der Waals surface area contributed by atoms with Crippen LogP contribution in [0.15, 0.2) is 18.3 Å². The molecule has 0 fully saturated rings. The van der Waals surface area contributed by atoms with Gasteiger partial charge in [-0.3, -0.25) is 4.79 Å². The van der Waals surface area contributed by atoms with Gasteiger partial charge in [-0.15, -0.1) is 5.10 Å². The van der Waals surface area contributed by atoms with Crippen LogP contribution in [0.4, 0.5) is 0 Å². The standard InChI is InChI=1S/C13H18N4O3/c1-3-20-12-6-5-11-15-10(9-17(11)16-12)13(18)14-7-4-8-19-2/h5-6,9H,3-4,7-8H2,1-2H3,(H,14,18). The van der Waals surface area contributed by atoms with Gasteiger partial charge >= 0.3 is 0 Å². The van der Waals surface area contributed by atoms with E-state index >= 15 is 0 Å². The summed E-state index contributed by atoms with van der Waals surface area (Å²) in [4.78, 5) is 16.1. The first kappa shape index (κ1) is 14.3. The lowest BCUT2D eigenvalue weighted by Crippen LogP contribution is -2.25. The highest BCUT2D eigenvalue weighted by Gasteiger charge is 2.11. The summed E-state index contributed by atoms with van der Waals surface area (Å²) in [5.41, 5.74) is 0.944. The Labute approximate surface area is 116 Å². The number of hydrogen-bond acceptors (Lipinski definition) is 5. The molecule has 0 saturated heterocycles. The number of carbonyl (C=O) groups is 1. The van der Waals surface area contributed by atoms with Gasteiger partial charge in [-0.25, -0.2) is 9.50 Å². The molecule has 2 aromatic rings. The van der Waals surface area contributed by atoms with Crippen LogP contribution >= 0.6 is 0 Å². The van der Waals surface area contributed by atoms with Gasteiger partial charge in [0.15, 0.2) is 5.65 Å². The zero-order chi connectivity index (χ0) is 14.4. The van der Waals surface area contributed by atoms with Crippen molar-refractivity contribution in [3.8, 4) is 5.88 Å². The lowest BCUT2D eigenvalue weighted by atomic mass is 10.4. The van der Waals surface area contributed by atoms with Crippen molar-refractivity contribution in [1.82, 2.24) is 19.9 Å². The van der Waals surface area contributed by atoms with Gasteiger partial charge < -0.3 is 14.8 Å². The average Bonchev–Trinajstić information content (AvgIpc) is 2.87. The van der Waals surface area contributed by atoms with E-state index in [2.05, 4.69) is 15.4 Å². The Morgan fingerprint density at radius 1 is 1.45 bits per heavy atom. The number of nitrogens with zero attached hydrogens (tertiary/aromatic N) is 3. The molecule has 0 unspecified atom stereocenters. The first-order chi connectivity index (χ1) is 9.74. The SMILES string of the molecule is CCOc1ccc2nc(C(=O)NCCCOC)cn2n1. The quantitative estimate of drug-likeness (QED) is 0.761. The highest BCUT2D eigenvalue weighted by atomic mass is 16.5. The van der Waals surface area contributed by atoms with E-state index in [0.29, 0.717) is 37.0 Å². The molecule has 0 saturated carbocycles. The van der Waals surface area contributed by atoms with E-state index in [9.17, 15) is 4.79 Å². The van der Waals surface area contributed by atoms with Crippen LogP contribution in [0.2, 0.25) is 0 Å². The molecule has 0 atom stereocenters. The number of rotatable bonds is 7. The molecule has 0 radical (unpaired) electrons. The second-order valence-electron chi connectivity index (χ2n) is 4.14. The van der Waals surface area contributed by atoms with Gasteiger partial charge in [0.1, 0.15) is 5.69 Å². The molecule has 2 heterocycles. The summed E-state index contributed by atoms with van der Waals surface area (Å²) < 4.78 is 11.8. The van der Waals surface area contributed by atoms with Crippen LogP contribution in [-0.4, -0.2) is 47.4 Å². The molecule has 2 rings (SSSR count). The first-order valence-corrected chi connectivity index (χ1v) is 6.51. The van der Waals surface area contributed by atoms with Crippen LogP contribution in [0.1, 0.15) is 23.8 Å². The maximum absolute atomic E-state index is 11.9. The van der Waals surface area contributed by atoms with Gasteiger partial charge in [0.2, 0.25) is 5.88 Å². The molecule has 2 aromatic heterocycles. The van der Waals surface area contributed by atoms with E-state index in [1.54, 1.807) is 25.4 Å². The maximum atomic E-state index is 11.9. The molecule has 0 aliphatic rings. The summed E-state index contributed by atoms with van der Waals surface area (Å²) in [5, 5.41) is 6.99.